The predicted octanol–water partition coefficient (Wildman–Crippen LogP) is 3.67. The number of hydrogen-bond donors (Lipinski definition) is 1. The summed E-state index contributed by atoms with van der Waals surface area (Å²) in [5.74, 6) is 0.903. The maximum atomic E-state index is 12.4. The van der Waals surface area contributed by atoms with Crippen LogP contribution in [0.4, 0.5) is 0 Å². The van der Waals surface area contributed by atoms with Crippen molar-refractivity contribution in [3.63, 3.8) is 0 Å². The highest BCUT2D eigenvalue weighted by molar-refractivity contribution is 5.98. The van der Waals surface area contributed by atoms with Gasteiger partial charge < -0.3 is 4.42 Å². The number of hydrogen-bond acceptors (Lipinski definition) is 5. The minimum Gasteiger partial charge on any atom is -0.423 e. The van der Waals surface area contributed by atoms with E-state index in [0.29, 0.717) is 17.4 Å². The van der Waals surface area contributed by atoms with Crippen molar-refractivity contribution in [3.8, 4) is 11.5 Å². The van der Waals surface area contributed by atoms with Gasteiger partial charge in [-0.3, -0.25) is 4.79 Å². The Labute approximate surface area is 146 Å². The maximum Gasteiger partial charge on any atom is 0.271 e. The zero-order chi connectivity index (χ0) is 17.7. The fourth-order valence-electron chi connectivity index (χ4n) is 4.34. The fourth-order valence-corrected chi connectivity index (χ4v) is 4.34. The average molecular weight is 338 g/mol. The van der Waals surface area contributed by atoms with Crippen molar-refractivity contribution >= 4 is 11.6 Å². The lowest BCUT2D eigenvalue weighted by Gasteiger charge is -2.34. The van der Waals surface area contributed by atoms with Gasteiger partial charge in [0.2, 0.25) is 12.3 Å². The van der Waals surface area contributed by atoms with Gasteiger partial charge in [0.15, 0.2) is 0 Å². The number of nitrogens with one attached hydrogen (secondary N) is 1. The summed E-state index contributed by atoms with van der Waals surface area (Å²) in [5, 5.41) is 12.0. The summed E-state index contributed by atoms with van der Waals surface area (Å²) in [4.78, 5) is 12.4. The van der Waals surface area contributed by atoms with E-state index < -0.39 is 0 Å². The lowest BCUT2D eigenvalue weighted by molar-refractivity contribution is 0.0954. The van der Waals surface area contributed by atoms with Crippen LogP contribution in [-0.2, 0) is 0 Å². The van der Waals surface area contributed by atoms with Crippen LogP contribution in [-0.4, -0.2) is 21.8 Å². The summed E-state index contributed by atoms with van der Waals surface area (Å²) in [6, 6.07) is 7.05. The highest BCUT2D eigenvalue weighted by atomic mass is 16.4. The molecular formula is C19H22N4O2. The molecule has 1 aromatic carbocycles. The first kappa shape index (κ1) is 16.0. The molecule has 2 bridgehead atoms. The van der Waals surface area contributed by atoms with Gasteiger partial charge in [0.1, 0.15) is 0 Å². The van der Waals surface area contributed by atoms with Crippen molar-refractivity contribution in [1.29, 1.82) is 0 Å². The molecule has 2 fully saturated rings. The largest absolute Gasteiger partial charge is 0.423 e. The second-order valence-corrected chi connectivity index (χ2v) is 7.81. The summed E-state index contributed by atoms with van der Waals surface area (Å²) in [6.45, 7) is 6.93. The Hall–Kier alpha value is -2.50. The first-order valence-electron chi connectivity index (χ1n) is 8.66. The predicted molar refractivity (Wildman–Crippen MR) is 93.9 cm³/mol. The third-order valence-corrected chi connectivity index (χ3v) is 6.56. The summed E-state index contributed by atoms with van der Waals surface area (Å²) < 4.78 is 5.15. The van der Waals surface area contributed by atoms with E-state index in [1.165, 1.54) is 12.8 Å². The highest BCUT2D eigenvalue weighted by Gasteiger charge is 2.60. The standard InChI is InChI=1S/C19H22N4O2/c1-18(2)14-8-9-19(18,3)15(10-14)21-22-16(24)12-4-6-13(7-5-12)17-23-20-11-25-17/h4-7,11,14H,8-10H2,1-3H3,(H,22,24)/b21-15+/t14-,19+/m1/s1. The molecule has 0 spiro atoms. The second kappa shape index (κ2) is 5.51. The molecule has 2 aliphatic carbocycles. The number of aromatic nitrogens is 2. The average Bonchev–Trinajstić information content (AvgIpc) is 3.26. The first-order valence-corrected chi connectivity index (χ1v) is 8.66. The molecule has 130 valence electrons. The van der Waals surface area contributed by atoms with Crippen LogP contribution in [0.25, 0.3) is 11.5 Å². The Balaban J connectivity index is 1.48. The number of fused-ring (bicyclic) bond motifs is 2. The van der Waals surface area contributed by atoms with Crippen LogP contribution in [0.15, 0.2) is 40.2 Å². The van der Waals surface area contributed by atoms with Gasteiger partial charge in [0, 0.05) is 22.3 Å². The van der Waals surface area contributed by atoms with Crippen LogP contribution in [0.2, 0.25) is 0 Å². The molecule has 2 saturated carbocycles. The number of carbonyl (C=O) groups is 1. The minimum atomic E-state index is -0.200. The molecule has 25 heavy (non-hydrogen) atoms. The Morgan fingerprint density at radius 1 is 1.28 bits per heavy atom. The van der Waals surface area contributed by atoms with Gasteiger partial charge >= 0.3 is 0 Å². The molecule has 4 rings (SSSR count). The molecule has 2 atom stereocenters. The van der Waals surface area contributed by atoms with Gasteiger partial charge in [-0.05, 0) is 54.9 Å². The van der Waals surface area contributed by atoms with Crippen LogP contribution in [0.5, 0.6) is 0 Å². The van der Waals surface area contributed by atoms with Crippen molar-refractivity contribution < 1.29 is 9.21 Å². The summed E-state index contributed by atoms with van der Waals surface area (Å²) >= 11 is 0. The number of benzene rings is 1. The lowest BCUT2D eigenvalue weighted by Crippen LogP contribution is -2.34. The molecule has 0 saturated heterocycles. The molecule has 1 aromatic heterocycles. The van der Waals surface area contributed by atoms with Gasteiger partial charge in [0.25, 0.3) is 5.91 Å². The second-order valence-electron chi connectivity index (χ2n) is 7.81. The van der Waals surface area contributed by atoms with E-state index >= 15 is 0 Å². The molecule has 0 unspecified atom stereocenters. The number of amides is 1. The van der Waals surface area contributed by atoms with Gasteiger partial charge in [-0.1, -0.05) is 20.8 Å². The molecule has 6 heteroatoms. The van der Waals surface area contributed by atoms with Gasteiger partial charge in [-0.2, -0.15) is 5.10 Å². The molecule has 0 aliphatic heterocycles. The number of carbonyl (C=O) groups excluding carboxylic acids is 1. The van der Waals surface area contributed by atoms with Crippen LogP contribution in [0.3, 0.4) is 0 Å². The molecule has 1 N–H and O–H groups in total. The molecule has 2 aromatic rings. The number of hydrazone groups is 1. The topological polar surface area (TPSA) is 80.4 Å². The Bertz CT molecular complexity index is 824. The fraction of sp³-hybridized carbons (Fsp3) is 0.474. The zero-order valence-electron chi connectivity index (χ0n) is 14.7. The molecule has 6 nitrogen and oxygen atoms in total. The first-order chi connectivity index (χ1) is 11.9. The smallest absolute Gasteiger partial charge is 0.271 e. The van der Waals surface area contributed by atoms with E-state index in [1.54, 1.807) is 24.3 Å². The van der Waals surface area contributed by atoms with Crippen LogP contribution in [0, 0.1) is 16.7 Å². The van der Waals surface area contributed by atoms with Gasteiger partial charge in [-0.25, -0.2) is 5.43 Å². The quantitative estimate of drug-likeness (QED) is 0.866. The van der Waals surface area contributed by atoms with E-state index in [4.69, 9.17) is 4.42 Å². The molecule has 2 aliphatic rings. The number of nitrogens with zero attached hydrogens (tertiary/aromatic N) is 3. The van der Waals surface area contributed by atoms with Crippen molar-refractivity contribution in [2.75, 3.05) is 0 Å². The Morgan fingerprint density at radius 2 is 2.04 bits per heavy atom. The molecule has 0 radical (unpaired) electrons. The van der Waals surface area contributed by atoms with Gasteiger partial charge in [0.05, 0.1) is 0 Å². The van der Waals surface area contributed by atoms with Crippen molar-refractivity contribution in [2.24, 2.45) is 21.8 Å². The van der Waals surface area contributed by atoms with E-state index in [1.807, 2.05) is 0 Å². The molecule has 1 heterocycles. The van der Waals surface area contributed by atoms with Crippen LogP contribution >= 0.6 is 0 Å². The Morgan fingerprint density at radius 3 is 2.60 bits per heavy atom. The molecular weight excluding hydrogens is 316 g/mol. The number of rotatable bonds is 3. The summed E-state index contributed by atoms with van der Waals surface area (Å²) in [7, 11) is 0. The van der Waals surface area contributed by atoms with Crippen LogP contribution < -0.4 is 5.43 Å². The Kier molecular flexibility index (Phi) is 3.52. The van der Waals surface area contributed by atoms with Crippen molar-refractivity contribution in [3.05, 3.63) is 36.2 Å². The third kappa shape index (κ3) is 2.39. The van der Waals surface area contributed by atoms with Gasteiger partial charge in [-0.15, -0.1) is 10.2 Å². The van der Waals surface area contributed by atoms with E-state index in [9.17, 15) is 4.79 Å². The van der Waals surface area contributed by atoms with Crippen LogP contribution in [0.1, 0.15) is 50.4 Å². The highest BCUT2D eigenvalue weighted by Crippen LogP contribution is 2.63. The third-order valence-electron chi connectivity index (χ3n) is 6.56. The minimum absolute atomic E-state index is 0.0900. The zero-order valence-corrected chi connectivity index (χ0v) is 14.7. The van der Waals surface area contributed by atoms with E-state index in [2.05, 4.69) is 41.5 Å². The normalized spacial score (nSPS) is 28.4. The van der Waals surface area contributed by atoms with Crippen molar-refractivity contribution in [2.45, 2.75) is 40.0 Å². The monoisotopic (exact) mass is 338 g/mol. The SMILES string of the molecule is CC1(C)[C@@H]2CC[C@@]1(C)/C(=N/NC(=O)c1ccc(-c3nnco3)cc1)C2. The summed E-state index contributed by atoms with van der Waals surface area (Å²) in [5.41, 5.74) is 5.55. The van der Waals surface area contributed by atoms with E-state index in [-0.39, 0.29) is 16.7 Å². The summed E-state index contributed by atoms with van der Waals surface area (Å²) in [6.07, 6.45) is 4.68. The maximum absolute atomic E-state index is 12.4. The van der Waals surface area contributed by atoms with E-state index in [0.717, 1.165) is 24.1 Å². The molecule has 1 amide bonds. The lowest BCUT2D eigenvalue weighted by atomic mass is 9.70. The van der Waals surface area contributed by atoms with Crippen molar-refractivity contribution in [1.82, 2.24) is 15.6 Å².